The molecule has 0 aliphatic carbocycles. The lowest BCUT2D eigenvalue weighted by Crippen LogP contribution is -3.00. The van der Waals surface area contributed by atoms with Crippen molar-refractivity contribution in [2.45, 2.75) is 40.4 Å². The van der Waals surface area contributed by atoms with Crippen LogP contribution in [0, 0.1) is 34.6 Å². The van der Waals surface area contributed by atoms with E-state index in [9.17, 15) is 0 Å². The normalized spacial score (nSPS) is 15.2. The highest BCUT2D eigenvalue weighted by Crippen LogP contribution is 2.29. The minimum atomic E-state index is 0. The second kappa shape index (κ2) is 7.52. The predicted octanol–water partition coefficient (Wildman–Crippen LogP) is 0.272. The maximum Gasteiger partial charge on any atom is 0.159 e. The van der Waals surface area contributed by atoms with Gasteiger partial charge in [0.05, 0.1) is 13.3 Å². The highest BCUT2D eigenvalue weighted by atomic mass is 35.5. The zero-order valence-corrected chi connectivity index (χ0v) is 15.4. The zero-order chi connectivity index (χ0) is 14.9. The van der Waals surface area contributed by atoms with E-state index >= 15 is 0 Å². The lowest BCUT2D eigenvalue weighted by atomic mass is 9.90. The summed E-state index contributed by atoms with van der Waals surface area (Å²) in [6, 6.07) is 0. The van der Waals surface area contributed by atoms with E-state index in [1.807, 2.05) is 11.8 Å². The van der Waals surface area contributed by atoms with Crippen molar-refractivity contribution in [2.75, 3.05) is 20.4 Å². The van der Waals surface area contributed by atoms with Gasteiger partial charge in [0.15, 0.2) is 5.17 Å². The van der Waals surface area contributed by atoms with Gasteiger partial charge in [0, 0.05) is 5.75 Å². The molecule has 0 spiro atoms. The minimum Gasteiger partial charge on any atom is -1.00 e. The molecule has 0 radical (unpaired) electrons. The molecule has 0 saturated heterocycles. The maximum atomic E-state index is 4.54. The van der Waals surface area contributed by atoms with Gasteiger partial charge in [-0.2, -0.15) is 0 Å². The van der Waals surface area contributed by atoms with Crippen LogP contribution in [0.25, 0.3) is 0 Å². The van der Waals surface area contributed by atoms with Crippen LogP contribution >= 0.6 is 11.8 Å². The Morgan fingerprint density at radius 3 is 2.00 bits per heavy atom. The molecule has 2 rings (SSSR count). The summed E-state index contributed by atoms with van der Waals surface area (Å²) in [6.07, 6.45) is 0. The molecule has 0 amide bonds. The van der Waals surface area contributed by atoms with Gasteiger partial charge in [-0.15, -0.1) is 0 Å². The van der Waals surface area contributed by atoms with Crippen molar-refractivity contribution in [2.24, 2.45) is 4.99 Å². The topological polar surface area (TPSA) is 27.6 Å². The molecule has 1 aromatic carbocycles. The van der Waals surface area contributed by atoms with Gasteiger partial charge in [0.2, 0.25) is 0 Å². The highest BCUT2D eigenvalue weighted by molar-refractivity contribution is 8.13. The molecule has 1 aliphatic rings. The smallest absolute Gasteiger partial charge is 0.159 e. The standard InChI is InChI=1S/C16H25N3S.ClH/c1-10-11(2)13(4)15(14(5)12(10)3)7-20-16-17-8-19(6)9-18-16;/h7-9H2,1-6H3,(H,17,18);1H/p-1. The van der Waals surface area contributed by atoms with Gasteiger partial charge < -0.3 is 17.7 Å². The van der Waals surface area contributed by atoms with E-state index < -0.39 is 0 Å². The number of hydrogen-bond donors (Lipinski definition) is 1. The summed E-state index contributed by atoms with van der Waals surface area (Å²) >= 11 is 1.82. The molecule has 118 valence electrons. The molecule has 1 N–H and O–H groups in total. The second-order valence-electron chi connectivity index (χ2n) is 5.69. The van der Waals surface area contributed by atoms with Crippen molar-refractivity contribution < 1.29 is 12.4 Å². The predicted molar refractivity (Wildman–Crippen MR) is 89.5 cm³/mol. The molecule has 1 aromatic rings. The molecular formula is C16H25ClN3S-. The molecule has 0 bridgehead atoms. The number of nitrogens with zero attached hydrogens (tertiary/aromatic N) is 2. The van der Waals surface area contributed by atoms with E-state index in [4.69, 9.17) is 0 Å². The van der Waals surface area contributed by atoms with Gasteiger partial charge in [0.1, 0.15) is 0 Å². The van der Waals surface area contributed by atoms with Crippen molar-refractivity contribution in [1.82, 2.24) is 10.2 Å². The van der Waals surface area contributed by atoms with Crippen molar-refractivity contribution in [3.05, 3.63) is 33.4 Å². The van der Waals surface area contributed by atoms with Crippen LogP contribution in [0.5, 0.6) is 0 Å². The first kappa shape index (κ1) is 18.3. The molecule has 0 saturated carbocycles. The second-order valence-corrected chi connectivity index (χ2v) is 6.65. The fourth-order valence-electron chi connectivity index (χ4n) is 2.52. The molecule has 1 aliphatic heterocycles. The Kier molecular flexibility index (Phi) is 6.57. The van der Waals surface area contributed by atoms with E-state index in [0.29, 0.717) is 0 Å². The SMILES string of the molecule is Cc1c(C)c(C)c(CSC2=NCN(C)CN2)c(C)c1C.[Cl-]. The molecule has 0 fully saturated rings. The first-order valence-electron chi connectivity index (χ1n) is 7.07. The summed E-state index contributed by atoms with van der Waals surface area (Å²) in [5.74, 6) is 0.995. The average molecular weight is 327 g/mol. The molecule has 5 heteroatoms. The zero-order valence-electron chi connectivity index (χ0n) is 13.8. The Hall–Kier alpha value is -0.710. The number of aliphatic imine (C=N–C) groups is 1. The van der Waals surface area contributed by atoms with Crippen LogP contribution in [0.1, 0.15) is 33.4 Å². The van der Waals surface area contributed by atoms with E-state index in [2.05, 4.69) is 56.9 Å². The lowest BCUT2D eigenvalue weighted by Gasteiger charge is -2.23. The van der Waals surface area contributed by atoms with Crippen LogP contribution in [0.3, 0.4) is 0 Å². The average Bonchev–Trinajstić information content (AvgIpc) is 2.45. The van der Waals surface area contributed by atoms with Crippen molar-refractivity contribution in [3.63, 3.8) is 0 Å². The number of rotatable bonds is 2. The number of hydrogen-bond acceptors (Lipinski definition) is 4. The van der Waals surface area contributed by atoms with Crippen molar-refractivity contribution >= 4 is 16.9 Å². The molecule has 3 nitrogen and oxygen atoms in total. The van der Waals surface area contributed by atoms with Crippen LogP contribution < -0.4 is 17.7 Å². The molecule has 0 atom stereocenters. The summed E-state index contributed by atoms with van der Waals surface area (Å²) in [6.45, 7) is 12.9. The summed E-state index contributed by atoms with van der Waals surface area (Å²) < 4.78 is 0. The Morgan fingerprint density at radius 2 is 1.52 bits per heavy atom. The molecule has 0 aromatic heterocycles. The Balaban J connectivity index is 0.00000220. The molecule has 1 heterocycles. The minimum absolute atomic E-state index is 0. The summed E-state index contributed by atoms with van der Waals surface area (Å²) in [7, 11) is 2.07. The Morgan fingerprint density at radius 1 is 1.00 bits per heavy atom. The molecule has 0 unspecified atom stereocenters. The highest BCUT2D eigenvalue weighted by Gasteiger charge is 2.14. The largest absolute Gasteiger partial charge is 1.00 e. The Labute approximate surface area is 139 Å². The monoisotopic (exact) mass is 326 g/mol. The van der Waals surface area contributed by atoms with Gasteiger partial charge in [-0.25, -0.2) is 4.99 Å². The van der Waals surface area contributed by atoms with E-state index in [-0.39, 0.29) is 12.4 Å². The third-order valence-corrected chi connectivity index (χ3v) is 5.44. The Bertz CT molecular complexity index is 526. The third kappa shape index (κ3) is 3.93. The third-order valence-electron chi connectivity index (χ3n) is 4.46. The van der Waals surface area contributed by atoms with E-state index in [0.717, 1.165) is 24.3 Å². The summed E-state index contributed by atoms with van der Waals surface area (Å²) in [5, 5.41) is 4.42. The lowest BCUT2D eigenvalue weighted by molar-refractivity contribution is -0.00000448. The maximum absolute atomic E-state index is 4.54. The van der Waals surface area contributed by atoms with Gasteiger partial charge >= 0.3 is 0 Å². The van der Waals surface area contributed by atoms with Crippen molar-refractivity contribution in [1.29, 1.82) is 0 Å². The number of halogens is 1. The van der Waals surface area contributed by atoms with Gasteiger partial charge in [0.25, 0.3) is 0 Å². The summed E-state index contributed by atoms with van der Waals surface area (Å²) in [5.41, 5.74) is 8.64. The van der Waals surface area contributed by atoms with E-state index in [1.54, 1.807) is 0 Å². The number of benzene rings is 1. The number of thioether (sulfide) groups is 1. The first-order valence-corrected chi connectivity index (χ1v) is 8.06. The van der Waals surface area contributed by atoms with Gasteiger partial charge in [-0.3, -0.25) is 4.90 Å². The van der Waals surface area contributed by atoms with Gasteiger partial charge in [-0.05, 0) is 75.0 Å². The van der Waals surface area contributed by atoms with Crippen LogP contribution in [-0.4, -0.2) is 30.5 Å². The summed E-state index contributed by atoms with van der Waals surface area (Å²) in [4.78, 5) is 6.70. The number of nitrogens with one attached hydrogen (secondary N) is 1. The van der Waals surface area contributed by atoms with Crippen LogP contribution in [0.2, 0.25) is 0 Å². The van der Waals surface area contributed by atoms with Crippen LogP contribution in [0.4, 0.5) is 0 Å². The van der Waals surface area contributed by atoms with E-state index in [1.165, 1.54) is 33.4 Å². The molecule has 21 heavy (non-hydrogen) atoms. The van der Waals surface area contributed by atoms with Gasteiger partial charge in [-0.1, -0.05) is 11.8 Å². The quantitative estimate of drug-likeness (QED) is 0.845. The first-order chi connectivity index (χ1) is 9.41. The number of amidine groups is 1. The molecular weight excluding hydrogens is 302 g/mol. The fraction of sp³-hybridized carbons (Fsp3) is 0.562. The van der Waals surface area contributed by atoms with Crippen molar-refractivity contribution in [3.8, 4) is 0 Å². The van der Waals surface area contributed by atoms with Crippen LogP contribution in [-0.2, 0) is 5.75 Å². The van der Waals surface area contributed by atoms with Crippen LogP contribution in [0.15, 0.2) is 4.99 Å². The fourth-order valence-corrected chi connectivity index (χ4v) is 3.55.